The molecular weight excluding hydrogens is 266 g/mol. The number of hydrogen-bond donors (Lipinski definition) is 1. The Morgan fingerprint density at radius 3 is 2.67 bits per heavy atom. The van der Waals surface area contributed by atoms with E-state index in [1.54, 1.807) is 7.11 Å². The quantitative estimate of drug-likeness (QED) is 0.840. The summed E-state index contributed by atoms with van der Waals surface area (Å²) < 4.78 is 10.5. The van der Waals surface area contributed by atoms with Crippen LogP contribution in [0.25, 0.3) is 0 Å². The van der Waals surface area contributed by atoms with E-state index in [4.69, 9.17) is 9.47 Å². The number of methoxy groups -OCH3 is 1. The summed E-state index contributed by atoms with van der Waals surface area (Å²) in [5.74, 6) is 1.68. The van der Waals surface area contributed by atoms with E-state index < -0.39 is 0 Å². The van der Waals surface area contributed by atoms with Crippen molar-refractivity contribution in [3.63, 3.8) is 0 Å². The molecule has 0 unspecified atom stereocenters. The van der Waals surface area contributed by atoms with E-state index in [0.29, 0.717) is 18.9 Å². The van der Waals surface area contributed by atoms with Gasteiger partial charge in [-0.2, -0.15) is 0 Å². The fourth-order valence-corrected chi connectivity index (χ4v) is 2.60. The van der Waals surface area contributed by atoms with Crippen LogP contribution in [0.15, 0.2) is 24.3 Å². The lowest BCUT2D eigenvalue weighted by molar-refractivity contribution is -0.121. The van der Waals surface area contributed by atoms with Crippen LogP contribution in [0.4, 0.5) is 0 Å². The predicted molar refractivity (Wildman–Crippen MR) is 82.5 cm³/mol. The normalized spacial score (nSPS) is 15.7. The highest BCUT2D eigenvalue weighted by Gasteiger charge is 2.14. The van der Waals surface area contributed by atoms with Crippen molar-refractivity contribution < 1.29 is 14.3 Å². The maximum Gasteiger partial charge on any atom is 0.220 e. The molecule has 0 bridgehead atoms. The summed E-state index contributed by atoms with van der Waals surface area (Å²) in [7, 11) is 1.66. The summed E-state index contributed by atoms with van der Waals surface area (Å²) in [5.41, 5.74) is 1.21. The fraction of sp³-hybridized carbons (Fsp3) is 0.588. The maximum absolute atomic E-state index is 11.8. The minimum absolute atomic E-state index is 0.162. The fourth-order valence-electron chi connectivity index (χ4n) is 2.60. The molecule has 1 aliphatic rings. The minimum Gasteiger partial charge on any atom is -0.497 e. The van der Waals surface area contributed by atoms with Crippen LogP contribution in [0.2, 0.25) is 0 Å². The van der Waals surface area contributed by atoms with Crippen molar-refractivity contribution in [3.05, 3.63) is 29.8 Å². The topological polar surface area (TPSA) is 47.6 Å². The van der Waals surface area contributed by atoms with Crippen LogP contribution < -0.4 is 10.1 Å². The average Bonchev–Trinajstić information content (AvgIpc) is 2.54. The molecule has 1 aromatic carbocycles. The van der Waals surface area contributed by atoms with Crippen molar-refractivity contribution >= 4 is 5.91 Å². The molecule has 1 aliphatic heterocycles. The van der Waals surface area contributed by atoms with Gasteiger partial charge in [-0.3, -0.25) is 4.79 Å². The number of amides is 1. The van der Waals surface area contributed by atoms with Gasteiger partial charge < -0.3 is 14.8 Å². The van der Waals surface area contributed by atoms with Crippen LogP contribution >= 0.6 is 0 Å². The van der Waals surface area contributed by atoms with Gasteiger partial charge in [0.05, 0.1) is 7.11 Å². The number of carbonyl (C=O) groups excluding carboxylic acids is 1. The Kier molecular flexibility index (Phi) is 6.54. The molecule has 4 heteroatoms. The average molecular weight is 291 g/mol. The van der Waals surface area contributed by atoms with Gasteiger partial charge in [-0.1, -0.05) is 12.1 Å². The third kappa shape index (κ3) is 5.76. The first-order valence-electron chi connectivity index (χ1n) is 7.75. The SMILES string of the molecule is COc1ccc(CCNC(=O)CCC2CCOCC2)cc1. The minimum atomic E-state index is 0.162. The van der Waals surface area contributed by atoms with Crippen molar-refractivity contribution in [1.29, 1.82) is 0 Å². The number of nitrogens with one attached hydrogen (secondary N) is 1. The number of ether oxygens (including phenoxy) is 2. The van der Waals surface area contributed by atoms with Gasteiger partial charge in [-0.25, -0.2) is 0 Å². The number of hydrogen-bond acceptors (Lipinski definition) is 3. The molecule has 2 rings (SSSR count). The lowest BCUT2D eigenvalue weighted by atomic mass is 9.95. The molecule has 1 N–H and O–H groups in total. The van der Waals surface area contributed by atoms with Gasteiger partial charge in [0, 0.05) is 26.2 Å². The van der Waals surface area contributed by atoms with Gasteiger partial charge >= 0.3 is 0 Å². The second-order valence-corrected chi connectivity index (χ2v) is 5.54. The van der Waals surface area contributed by atoms with E-state index in [2.05, 4.69) is 5.32 Å². The molecule has 4 nitrogen and oxygen atoms in total. The van der Waals surface area contributed by atoms with Gasteiger partial charge in [-0.15, -0.1) is 0 Å². The molecule has 0 saturated carbocycles. The summed E-state index contributed by atoms with van der Waals surface area (Å²) in [6.07, 6.45) is 4.66. The highest BCUT2D eigenvalue weighted by molar-refractivity contribution is 5.75. The Morgan fingerprint density at radius 1 is 1.29 bits per heavy atom. The highest BCUT2D eigenvalue weighted by Crippen LogP contribution is 2.19. The molecule has 1 heterocycles. The van der Waals surface area contributed by atoms with Gasteiger partial charge in [0.25, 0.3) is 0 Å². The smallest absolute Gasteiger partial charge is 0.220 e. The number of benzene rings is 1. The lowest BCUT2D eigenvalue weighted by Crippen LogP contribution is -2.26. The van der Waals surface area contributed by atoms with E-state index in [1.807, 2.05) is 24.3 Å². The van der Waals surface area contributed by atoms with Gasteiger partial charge in [0.15, 0.2) is 0 Å². The molecule has 1 fully saturated rings. The highest BCUT2D eigenvalue weighted by atomic mass is 16.5. The Bertz CT molecular complexity index is 424. The van der Waals surface area contributed by atoms with Crippen LogP contribution in [-0.4, -0.2) is 32.8 Å². The van der Waals surface area contributed by atoms with Crippen molar-refractivity contribution in [2.45, 2.75) is 32.1 Å². The summed E-state index contributed by atoms with van der Waals surface area (Å²) >= 11 is 0. The molecule has 0 spiro atoms. The van der Waals surface area contributed by atoms with Crippen LogP contribution in [0.5, 0.6) is 5.75 Å². The van der Waals surface area contributed by atoms with Crippen LogP contribution in [0, 0.1) is 5.92 Å². The molecule has 1 aromatic rings. The first-order chi connectivity index (χ1) is 10.3. The van der Waals surface area contributed by atoms with Crippen molar-refractivity contribution in [2.24, 2.45) is 5.92 Å². The molecule has 0 aromatic heterocycles. The third-order valence-electron chi connectivity index (χ3n) is 4.02. The zero-order valence-electron chi connectivity index (χ0n) is 12.8. The monoisotopic (exact) mass is 291 g/mol. The van der Waals surface area contributed by atoms with Crippen LogP contribution in [0.1, 0.15) is 31.2 Å². The second-order valence-electron chi connectivity index (χ2n) is 5.54. The Morgan fingerprint density at radius 2 is 2.00 bits per heavy atom. The van der Waals surface area contributed by atoms with Crippen LogP contribution in [0.3, 0.4) is 0 Å². The Balaban J connectivity index is 1.59. The predicted octanol–water partition coefficient (Wildman–Crippen LogP) is 2.56. The number of rotatable bonds is 7. The summed E-state index contributed by atoms with van der Waals surface area (Å²) in [5, 5.41) is 3.00. The summed E-state index contributed by atoms with van der Waals surface area (Å²) in [6, 6.07) is 7.96. The maximum atomic E-state index is 11.8. The van der Waals surface area contributed by atoms with Crippen molar-refractivity contribution in [3.8, 4) is 5.75 Å². The molecule has 116 valence electrons. The van der Waals surface area contributed by atoms with E-state index in [9.17, 15) is 4.79 Å². The molecule has 21 heavy (non-hydrogen) atoms. The number of carbonyl (C=O) groups is 1. The van der Waals surface area contributed by atoms with E-state index in [-0.39, 0.29) is 5.91 Å². The Labute approximate surface area is 126 Å². The van der Waals surface area contributed by atoms with Crippen molar-refractivity contribution in [1.82, 2.24) is 5.32 Å². The van der Waals surface area contributed by atoms with E-state index in [0.717, 1.165) is 44.6 Å². The standard InChI is InChI=1S/C17H25NO3/c1-20-16-5-2-14(3-6-16)8-11-18-17(19)7-4-15-9-12-21-13-10-15/h2-3,5-6,15H,4,7-13H2,1H3,(H,18,19). The second kappa shape index (κ2) is 8.67. The Hall–Kier alpha value is -1.55. The largest absolute Gasteiger partial charge is 0.497 e. The summed E-state index contributed by atoms with van der Waals surface area (Å²) in [4.78, 5) is 11.8. The van der Waals surface area contributed by atoms with Crippen LogP contribution in [-0.2, 0) is 16.0 Å². The first-order valence-corrected chi connectivity index (χ1v) is 7.75. The van der Waals surface area contributed by atoms with Gasteiger partial charge in [0.1, 0.15) is 5.75 Å². The first kappa shape index (κ1) is 15.8. The zero-order valence-corrected chi connectivity index (χ0v) is 12.8. The molecule has 1 saturated heterocycles. The lowest BCUT2D eigenvalue weighted by Gasteiger charge is -2.21. The molecular formula is C17H25NO3. The zero-order chi connectivity index (χ0) is 14.9. The van der Waals surface area contributed by atoms with Crippen molar-refractivity contribution in [2.75, 3.05) is 26.9 Å². The third-order valence-corrected chi connectivity index (χ3v) is 4.02. The molecule has 1 amide bonds. The van der Waals surface area contributed by atoms with Gasteiger partial charge in [0.2, 0.25) is 5.91 Å². The molecule has 0 atom stereocenters. The van der Waals surface area contributed by atoms with Gasteiger partial charge in [-0.05, 0) is 49.3 Å². The molecule has 0 radical (unpaired) electrons. The van der Waals surface area contributed by atoms with E-state index in [1.165, 1.54) is 5.56 Å². The van der Waals surface area contributed by atoms with E-state index >= 15 is 0 Å². The molecule has 0 aliphatic carbocycles. The summed E-state index contributed by atoms with van der Waals surface area (Å²) in [6.45, 7) is 2.40.